The van der Waals surface area contributed by atoms with Gasteiger partial charge in [0, 0.05) is 30.1 Å². The zero-order valence-corrected chi connectivity index (χ0v) is 18.0. The van der Waals surface area contributed by atoms with Crippen molar-refractivity contribution < 1.29 is 33.2 Å². The minimum absolute atomic E-state index is 0.157. The van der Waals surface area contributed by atoms with Gasteiger partial charge < -0.3 is 33.3 Å². The first kappa shape index (κ1) is 19.8. The summed E-state index contributed by atoms with van der Waals surface area (Å²) in [6, 6.07) is 5.72. The van der Waals surface area contributed by atoms with Gasteiger partial charge in [-0.1, -0.05) is 6.07 Å². The molecule has 2 atom stereocenters. The summed E-state index contributed by atoms with van der Waals surface area (Å²) in [6.07, 6.45) is 0.338. The van der Waals surface area contributed by atoms with Crippen LogP contribution in [-0.4, -0.2) is 59.1 Å². The van der Waals surface area contributed by atoms with Gasteiger partial charge in [0.2, 0.25) is 12.5 Å². The molecule has 0 amide bonds. The van der Waals surface area contributed by atoms with Crippen molar-refractivity contribution in [3.05, 3.63) is 40.5 Å². The summed E-state index contributed by atoms with van der Waals surface area (Å²) in [4.78, 5) is 15.2. The van der Waals surface area contributed by atoms with Crippen LogP contribution in [0.4, 0.5) is 0 Å². The van der Waals surface area contributed by atoms with Crippen molar-refractivity contribution >= 4 is 5.97 Å². The van der Waals surface area contributed by atoms with E-state index in [9.17, 15) is 4.79 Å². The van der Waals surface area contributed by atoms with Crippen molar-refractivity contribution in [2.24, 2.45) is 0 Å². The second kappa shape index (κ2) is 7.53. The molecule has 3 aliphatic rings. The fourth-order valence-electron chi connectivity index (χ4n) is 4.90. The molecular weight excluding hydrogens is 402 g/mol. The normalized spacial score (nSPS) is 21.7. The molecule has 3 heterocycles. The van der Waals surface area contributed by atoms with Gasteiger partial charge in [-0.25, -0.2) is 4.79 Å². The van der Waals surface area contributed by atoms with E-state index in [0.717, 1.165) is 29.7 Å². The number of hydrogen-bond acceptors (Lipinski definition) is 8. The molecule has 0 N–H and O–H groups in total. The van der Waals surface area contributed by atoms with E-state index in [1.807, 2.05) is 18.2 Å². The van der Waals surface area contributed by atoms with Crippen molar-refractivity contribution in [3.63, 3.8) is 0 Å². The topological polar surface area (TPSA) is 75.7 Å². The highest BCUT2D eigenvalue weighted by Crippen LogP contribution is 2.54. The Labute approximate surface area is 180 Å². The zero-order chi connectivity index (χ0) is 21.7. The van der Waals surface area contributed by atoms with Gasteiger partial charge in [0.05, 0.1) is 21.3 Å². The molecule has 164 valence electrons. The number of esters is 1. The standard InChI is InChI=1S/C23H25NO7/c1-24-8-7-12-9-16-21(30-11-29-16)22(28-4)17(12)14(10-24)19-13-5-6-15(26-2)20(27-3)18(13)23(25)31-19/h5-6,9,14,19H,7-8,10-11H2,1-4H3. The van der Waals surface area contributed by atoms with Gasteiger partial charge in [-0.3, -0.25) is 0 Å². The number of hydrogen-bond donors (Lipinski definition) is 0. The van der Waals surface area contributed by atoms with Gasteiger partial charge in [-0.15, -0.1) is 0 Å². The number of fused-ring (bicyclic) bond motifs is 3. The quantitative estimate of drug-likeness (QED) is 0.690. The van der Waals surface area contributed by atoms with E-state index in [1.54, 1.807) is 14.2 Å². The van der Waals surface area contributed by atoms with E-state index >= 15 is 0 Å². The van der Waals surface area contributed by atoms with E-state index in [2.05, 4.69) is 11.9 Å². The van der Waals surface area contributed by atoms with E-state index in [4.69, 9.17) is 28.4 Å². The molecule has 2 aromatic rings. The Balaban J connectivity index is 1.69. The summed E-state index contributed by atoms with van der Waals surface area (Å²) >= 11 is 0. The number of cyclic esters (lactones) is 1. The van der Waals surface area contributed by atoms with Crippen molar-refractivity contribution in [1.29, 1.82) is 0 Å². The lowest BCUT2D eigenvalue weighted by Gasteiger charge is -2.28. The lowest BCUT2D eigenvalue weighted by atomic mass is 9.84. The maximum Gasteiger partial charge on any atom is 0.343 e. The third-order valence-corrected chi connectivity index (χ3v) is 6.28. The Morgan fingerprint density at radius 3 is 2.61 bits per heavy atom. The number of rotatable bonds is 4. The third-order valence-electron chi connectivity index (χ3n) is 6.28. The average Bonchev–Trinajstić information content (AvgIpc) is 3.34. The summed E-state index contributed by atoms with van der Waals surface area (Å²) in [5, 5.41) is 0. The molecule has 2 unspecified atom stereocenters. The first-order valence-corrected chi connectivity index (χ1v) is 10.2. The molecule has 0 spiro atoms. The molecule has 0 fully saturated rings. The third kappa shape index (κ3) is 2.96. The number of methoxy groups -OCH3 is 3. The minimum atomic E-state index is -0.490. The smallest absolute Gasteiger partial charge is 0.343 e. The molecule has 0 radical (unpaired) electrons. The summed E-state index contributed by atoms with van der Waals surface area (Å²) in [6.45, 7) is 1.72. The van der Waals surface area contributed by atoms with Crippen LogP contribution in [0.15, 0.2) is 18.2 Å². The Morgan fingerprint density at radius 2 is 1.87 bits per heavy atom. The molecule has 8 heteroatoms. The number of carbonyl (C=O) groups excluding carboxylic acids is 1. The fourth-order valence-corrected chi connectivity index (χ4v) is 4.90. The maximum absolute atomic E-state index is 12.9. The number of ether oxygens (including phenoxy) is 6. The minimum Gasteiger partial charge on any atom is -0.493 e. The first-order valence-electron chi connectivity index (χ1n) is 10.2. The SMILES string of the molecule is COc1ccc2c(c1OC)C(=O)OC2C1CN(C)CCc2cc3c(c(OC)c21)OCO3. The molecule has 0 bridgehead atoms. The molecule has 8 nitrogen and oxygen atoms in total. The van der Waals surface area contributed by atoms with Crippen LogP contribution in [0.2, 0.25) is 0 Å². The lowest BCUT2D eigenvalue weighted by molar-refractivity contribution is 0.0296. The Morgan fingerprint density at radius 1 is 1.06 bits per heavy atom. The highest BCUT2D eigenvalue weighted by atomic mass is 16.7. The number of carbonyl (C=O) groups is 1. The Kier molecular flexibility index (Phi) is 4.81. The van der Waals surface area contributed by atoms with Crippen LogP contribution in [0.1, 0.15) is 39.1 Å². The zero-order valence-electron chi connectivity index (χ0n) is 18.0. The first-order chi connectivity index (χ1) is 15.1. The Bertz CT molecular complexity index is 1050. The van der Waals surface area contributed by atoms with Crippen LogP contribution < -0.4 is 23.7 Å². The highest BCUT2D eigenvalue weighted by molar-refractivity contribution is 5.98. The molecule has 3 aliphatic heterocycles. The van der Waals surface area contributed by atoms with Crippen LogP contribution in [0.3, 0.4) is 0 Å². The largest absolute Gasteiger partial charge is 0.493 e. The van der Waals surface area contributed by atoms with Crippen LogP contribution >= 0.6 is 0 Å². The van der Waals surface area contributed by atoms with Gasteiger partial charge in [0.15, 0.2) is 23.0 Å². The molecule has 0 aromatic heterocycles. The number of nitrogens with zero attached hydrogens (tertiary/aromatic N) is 1. The summed E-state index contributed by atoms with van der Waals surface area (Å²) < 4.78 is 34.0. The number of benzene rings is 2. The van der Waals surface area contributed by atoms with Gasteiger partial charge in [-0.05, 0) is 31.2 Å². The molecule has 31 heavy (non-hydrogen) atoms. The second-order valence-electron chi connectivity index (χ2n) is 7.93. The maximum atomic E-state index is 12.9. The monoisotopic (exact) mass is 427 g/mol. The lowest BCUT2D eigenvalue weighted by Crippen LogP contribution is -2.27. The highest BCUT2D eigenvalue weighted by Gasteiger charge is 2.44. The summed E-state index contributed by atoms with van der Waals surface area (Å²) in [5.74, 6) is 2.27. The van der Waals surface area contributed by atoms with Gasteiger partial charge >= 0.3 is 5.97 Å². The van der Waals surface area contributed by atoms with Crippen LogP contribution in [0.25, 0.3) is 0 Å². The summed E-state index contributed by atoms with van der Waals surface area (Å²) in [7, 11) is 6.77. The van der Waals surface area contributed by atoms with E-state index in [-0.39, 0.29) is 12.7 Å². The van der Waals surface area contributed by atoms with Gasteiger partial charge in [-0.2, -0.15) is 0 Å². The number of likely N-dealkylation sites (N-methyl/N-ethyl adjacent to an activating group) is 1. The predicted molar refractivity (Wildman–Crippen MR) is 111 cm³/mol. The van der Waals surface area contributed by atoms with Crippen molar-refractivity contribution in [2.45, 2.75) is 18.4 Å². The average molecular weight is 427 g/mol. The summed E-state index contributed by atoms with van der Waals surface area (Å²) in [5.41, 5.74) is 3.31. The second-order valence-corrected chi connectivity index (χ2v) is 7.93. The van der Waals surface area contributed by atoms with Crippen LogP contribution in [0, 0.1) is 0 Å². The molecule has 0 saturated carbocycles. The van der Waals surface area contributed by atoms with E-state index < -0.39 is 12.1 Å². The molecular formula is C23H25NO7. The molecule has 0 saturated heterocycles. The van der Waals surface area contributed by atoms with Crippen LogP contribution in [0.5, 0.6) is 28.7 Å². The molecule has 2 aromatic carbocycles. The van der Waals surface area contributed by atoms with Gasteiger partial charge in [0.25, 0.3) is 0 Å². The van der Waals surface area contributed by atoms with Crippen LogP contribution in [-0.2, 0) is 11.2 Å². The van der Waals surface area contributed by atoms with Crippen molar-refractivity contribution in [3.8, 4) is 28.7 Å². The Hall–Kier alpha value is -3.13. The van der Waals surface area contributed by atoms with E-state index in [0.29, 0.717) is 40.9 Å². The fraction of sp³-hybridized carbons (Fsp3) is 0.435. The van der Waals surface area contributed by atoms with Crippen molar-refractivity contribution in [2.75, 3.05) is 48.3 Å². The molecule has 5 rings (SSSR count). The van der Waals surface area contributed by atoms with Crippen molar-refractivity contribution in [1.82, 2.24) is 4.90 Å². The van der Waals surface area contributed by atoms with Gasteiger partial charge in [0.1, 0.15) is 11.7 Å². The predicted octanol–water partition coefficient (Wildman–Crippen LogP) is 2.92. The van der Waals surface area contributed by atoms with E-state index in [1.165, 1.54) is 7.11 Å². The molecule has 0 aliphatic carbocycles.